The molecule has 0 spiro atoms. The number of urea groups is 1. The Balaban J connectivity index is 1.31. The number of ether oxygens (including phenoxy) is 3. The second kappa shape index (κ2) is 12.7. The first-order valence-electron chi connectivity index (χ1n) is 14.1. The van der Waals surface area contributed by atoms with Gasteiger partial charge >= 0.3 is 12.2 Å². The largest absolute Gasteiger partial charge is 0.497 e. The molecule has 3 aromatic heterocycles. The van der Waals surface area contributed by atoms with Crippen molar-refractivity contribution in [3.8, 4) is 11.6 Å². The third-order valence-electron chi connectivity index (χ3n) is 7.99. The van der Waals surface area contributed by atoms with Gasteiger partial charge in [-0.25, -0.2) is 14.5 Å². The zero-order valence-electron chi connectivity index (χ0n) is 25.5. The van der Waals surface area contributed by atoms with Crippen molar-refractivity contribution in [2.24, 2.45) is 7.05 Å². The Hall–Kier alpha value is -4.79. The third-order valence-corrected chi connectivity index (χ3v) is 7.99. The molecular weight excluding hydrogens is 595 g/mol. The molecule has 1 aliphatic rings. The zero-order valence-corrected chi connectivity index (χ0v) is 25.5. The maximum Gasteiger partial charge on any atom is 0.417 e. The van der Waals surface area contributed by atoms with Gasteiger partial charge in [-0.1, -0.05) is 12.1 Å². The Morgan fingerprint density at radius 1 is 1.13 bits per heavy atom. The highest BCUT2D eigenvalue weighted by Crippen LogP contribution is 2.32. The molecule has 0 saturated carbocycles. The van der Waals surface area contributed by atoms with Crippen LogP contribution in [0.4, 0.5) is 29.3 Å². The third kappa shape index (κ3) is 6.53. The molecule has 0 aliphatic carbocycles. The molecule has 5 rings (SSSR count). The van der Waals surface area contributed by atoms with Gasteiger partial charge in [-0.05, 0) is 36.2 Å². The highest BCUT2D eigenvalue weighted by atomic mass is 19.4. The monoisotopic (exact) mass is 629 g/mol. The minimum absolute atomic E-state index is 0.402. The number of nitrogens with one attached hydrogen (secondary N) is 1. The molecule has 4 aromatic rings. The van der Waals surface area contributed by atoms with Gasteiger partial charge < -0.3 is 33.9 Å². The fourth-order valence-corrected chi connectivity index (χ4v) is 5.48. The summed E-state index contributed by atoms with van der Waals surface area (Å²) in [6.07, 6.45) is -2.21. The van der Waals surface area contributed by atoms with Gasteiger partial charge in [0.2, 0.25) is 5.88 Å². The van der Waals surface area contributed by atoms with Gasteiger partial charge in [-0.15, -0.1) is 5.10 Å². The smallest absolute Gasteiger partial charge is 0.417 e. The van der Waals surface area contributed by atoms with Crippen LogP contribution < -0.4 is 25.2 Å². The number of fused-ring (bicyclic) bond motifs is 1. The molecule has 0 unspecified atom stereocenters. The predicted octanol–water partition coefficient (Wildman–Crippen LogP) is 3.97. The van der Waals surface area contributed by atoms with Crippen molar-refractivity contribution in [2.45, 2.75) is 31.3 Å². The second-order valence-corrected chi connectivity index (χ2v) is 10.8. The van der Waals surface area contributed by atoms with Crippen molar-refractivity contribution in [3.63, 3.8) is 0 Å². The Bertz CT molecular complexity index is 1740. The molecule has 1 fully saturated rings. The molecule has 1 aromatic carbocycles. The fourth-order valence-electron chi connectivity index (χ4n) is 5.48. The Morgan fingerprint density at radius 2 is 1.87 bits per heavy atom. The highest BCUT2D eigenvalue weighted by molar-refractivity contribution is 5.89. The molecule has 4 heterocycles. The zero-order chi connectivity index (χ0) is 32.5. The lowest BCUT2D eigenvalue weighted by atomic mass is 10.00. The summed E-state index contributed by atoms with van der Waals surface area (Å²) in [7, 11) is 7.41. The number of aromatic nitrogens is 4. The molecule has 240 valence electrons. The van der Waals surface area contributed by atoms with Crippen LogP contribution in [0, 0.1) is 0 Å². The Kier molecular flexibility index (Phi) is 8.91. The maximum absolute atomic E-state index is 13.3. The minimum atomic E-state index is -4.68. The van der Waals surface area contributed by atoms with E-state index in [1.807, 2.05) is 30.3 Å². The van der Waals surface area contributed by atoms with E-state index in [2.05, 4.69) is 15.3 Å². The summed E-state index contributed by atoms with van der Waals surface area (Å²) in [6.45, 7) is 1.41. The van der Waals surface area contributed by atoms with E-state index < -0.39 is 41.2 Å². The number of halogens is 3. The van der Waals surface area contributed by atoms with Crippen LogP contribution in [-0.4, -0.2) is 83.9 Å². The fraction of sp³-hybridized carbons (Fsp3) is 0.400. The summed E-state index contributed by atoms with van der Waals surface area (Å²) in [6, 6.07) is 9.13. The average Bonchev–Trinajstić information content (AvgIpc) is 3.38. The van der Waals surface area contributed by atoms with Gasteiger partial charge in [0.1, 0.15) is 11.4 Å². The van der Waals surface area contributed by atoms with Crippen molar-refractivity contribution < 1.29 is 32.2 Å². The van der Waals surface area contributed by atoms with Crippen LogP contribution in [0.1, 0.15) is 17.5 Å². The van der Waals surface area contributed by atoms with Crippen LogP contribution in [0.5, 0.6) is 11.6 Å². The summed E-state index contributed by atoms with van der Waals surface area (Å²) < 4.78 is 59.0. The number of hydrogen-bond donors (Lipinski definition) is 1. The van der Waals surface area contributed by atoms with Gasteiger partial charge in [0.05, 0.1) is 55.7 Å². The molecule has 45 heavy (non-hydrogen) atoms. The summed E-state index contributed by atoms with van der Waals surface area (Å²) >= 11 is 0. The van der Waals surface area contributed by atoms with Crippen molar-refractivity contribution >= 4 is 28.4 Å². The average molecular weight is 630 g/mol. The number of carbonyl (C=O) groups excluding carboxylic acids is 1. The number of carbonyl (C=O) groups is 1. The number of alkyl halides is 3. The van der Waals surface area contributed by atoms with Gasteiger partial charge in [-0.3, -0.25) is 4.79 Å². The number of likely N-dealkylation sites (N-methyl/N-ethyl adjacent to an activating group) is 1. The Labute approximate surface area is 256 Å². The number of anilines is 2. The number of methoxy groups -OCH3 is 3. The van der Waals surface area contributed by atoms with Crippen LogP contribution in [0.25, 0.3) is 11.0 Å². The van der Waals surface area contributed by atoms with Crippen molar-refractivity contribution in [1.29, 1.82) is 0 Å². The quantitative estimate of drug-likeness (QED) is 0.312. The SMILES string of the molecule is COc1ccc(Cn2nc(OC)c3cc(N4CC[C@@H](N(C)C(=O)Nc5cc(C(F)(F)F)cn(C)c5=O)[C@@H](OC)C4)cnc32)cc1. The number of benzene rings is 1. The number of aryl methyl sites for hydroxylation is 1. The first-order chi connectivity index (χ1) is 21.4. The van der Waals surface area contributed by atoms with E-state index in [9.17, 15) is 22.8 Å². The van der Waals surface area contributed by atoms with Crippen molar-refractivity contribution in [2.75, 3.05) is 51.7 Å². The molecule has 1 N–H and O–H groups in total. The molecule has 2 atom stereocenters. The first-order valence-corrected chi connectivity index (χ1v) is 14.1. The summed E-state index contributed by atoms with van der Waals surface area (Å²) in [4.78, 5) is 33.7. The van der Waals surface area contributed by atoms with Gasteiger partial charge in [0, 0.05) is 40.5 Å². The van der Waals surface area contributed by atoms with Crippen LogP contribution in [0.3, 0.4) is 0 Å². The normalized spacial score (nSPS) is 16.9. The summed E-state index contributed by atoms with van der Waals surface area (Å²) in [5, 5.41) is 7.69. The molecular formula is C30H34F3N7O5. The molecule has 0 bridgehead atoms. The van der Waals surface area contributed by atoms with Crippen LogP contribution in [0.15, 0.2) is 53.6 Å². The van der Waals surface area contributed by atoms with Gasteiger partial charge in [0.15, 0.2) is 5.65 Å². The van der Waals surface area contributed by atoms with Crippen LogP contribution in [-0.2, 0) is 24.5 Å². The summed E-state index contributed by atoms with van der Waals surface area (Å²) in [5.41, 5.74) is 0.218. The van der Waals surface area contributed by atoms with Crippen molar-refractivity contribution in [3.05, 3.63) is 70.3 Å². The molecule has 1 saturated heterocycles. The van der Waals surface area contributed by atoms with E-state index in [0.29, 0.717) is 49.8 Å². The standard InChI is InChI=1S/C30H34F3N7O5/c1-37-16-19(30(31,32)33)12-23(28(37)41)35-29(42)38(2)24-10-11-39(17-25(24)44-4)20-13-22-26(34-14-20)40(36-27(22)45-5)15-18-6-8-21(43-3)9-7-18/h6-9,12-14,16,24-25H,10-11,15,17H2,1-5H3,(H,35,42)/t24-,25+/m1/s1. The van der Waals surface area contributed by atoms with Gasteiger partial charge in [-0.2, -0.15) is 13.2 Å². The van der Waals surface area contributed by atoms with E-state index >= 15 is 0 Å². The van der Waals surface area contributed by atoms with E-state index in [0.717, 1.165) is 27.0 Å². The lowest BCUT2D eigenvalue weighted by Crippen LogP contribution is -2.56. The lowest BCUT2D eigenvalue weighted by Gasteiger charge is -2.42. The molecule has 2 amide bonds. The van der Waals surface area contributed by atoms with Crippen LogP contribution in [0.2, 0.25) is 0 Å². The van der Waals surface area contributed by atoms with E-state index in [-0.39, 0.29) is 0 Å². The van der Waals surface area contributed by atoms with E-state index in [1.165, 1.54) is 26.1 Å². The second-order valence-electron chi connectivity index (χ2n) is 10.8. The number of amides is 2. The summed E-state index contributed by atoms with van der Waals surface area (Å²) in [5.74, 6) is 1.19. The number of hydrogen-bond acceptors (Lipinski definition) is 8. The minimum Gasteiger partial charge on any atom is -0.497 e. The number of rotatable bonds is 8. The van der Waals surface area contributed by atoms with E-state index in [1.54, 1.807) is 25.1 Å². The van der Waals surface area contributed by atoms with Crippen molar-refractivity contribution in [1.82, 2.24) is 24.2 Å². The topological polar surface area (TPSA) is 116 Å². The lowest BCUT2D eigenvalue weighted by molar-refractivity contribution is -0.138. The van der Waals surface area contributed by atoms with Gasteiger partial charge in [0.25, 0.3) is 5.56 Å². The number of pyridine rings is 2. The molecule has 1 aliphatic heterocycles. The molecule has 0 radical (unpaired) electrons. The first kappa shape index (κ1) is 31.6. The number of nitrogens with zero attached hydrogens (tertiary/aromatic N) is 6. The molecule has 15 heteroatoms. The molecule has 12 nitrogen and oxygen atoms in total. The predicted molar refractivity (Wildman–Crippen MR) is 161 cm³/mol. The number of piperidine rings is 1. The Morgan fingerprint density at radius 3 is 2.51 bits per heavy atom. The van der Waals surface area contributed by atoms with E-state index in [4.69, 9.17) is 19.2 Å². The maximum atomic E-state index is 13.3. The highest BCUT2D eigenvalue weighted by Gasteiger charge is 2.36. The van der Waals surface area contributed by atoms with Crippen LogP contribution >= 0.6 is 0 Å².